The van der Waals surface area contributed by atoms with E-state index in [1.807, 2.05) is 51.1 Å². The van der Waals surface area contributed by atoms with Gasteiger partial charge in [0.15, 0.2) is 5.78 Å². The average molecular weight is 362 g/mol. The Balaban J connectivity index is 2.65. The third-order valence-electron chi connectivity index (χ3n) is 4.36. The van der Waals surface area contributed by atoms with Gasteiger partial charge in [0, 0.05) is 12.0 Å². The summed E-state index contributed by atoms with van der Waals surface area (Å²) in [4.78, 5) is 16.8. The van der Waals surface area contributed by atoms with Gasteiger partial charge in [-0.1, -0.05) is 42.8 Å². The molecule has 2 rings (SSSR count). The van der Waals surface area contributed by atoms with Crippen LogP contribution in [0.3, 0.4) is 0 Å². The maximum Gasteiger partial charge on any atom is 0.176 e. The highest BCUT2D eigenvalue weighted by Gasteiger charge is 2.13. The van der Waals surface area contributed by atoms with Crippen LogP contribution in [0.15, 0.2) is 47.5 Å². The number of aryl methyl sites for hydroxylation is 1. The summed E-state index contributed by atoms with van der Waals surface area (Å²) >= 11 is 0. The van der Waals surface area contributed by atoms with Crippen molar-refractivity contribution in [1.29, 1.82) is 5.26 Å². The fraction of sp³-hybridized carbons (Fsp3) is 0.261. The van der Waals surface area contributed by atoms with E-state index in [0.29, 0.717) is 23.4 Å². The summed E-state index contributed by atoms with van der Waals surface area (Å²) in [5.74, 6) is -0.627. The zero-order valence-corrected chi connectivity index (χ0v) is 16.1. The van der Waals surface area contributed by atoms with Crippen molar-refractivity contribution in [3.63, 3.8) is 0 Å². The largest absolute Gasteiger partial charge is 0.293 e. The number of carbonyl (C=O) groups excluding carboxylic acids is 1. The highest BCUT2D eigenvalue weighted by Crippen LogP contribution is 2.29. The molecule has 0 saturated heterocycles. The number of benzene rings is 2. The fourth-order valence-electron chi connectivity index (χ4n) is 2.70. The van der Waals surface area contributed by atoms with Crippen molar-refractivity contribution < 1.29 is 9.18 Å². The number of Topliss-reactive ketones (excluding diaryl/α,β-unsaturated/α-hetero) is 1. The van der Waals surface area contributed by atoms with E-state index in [9.17, 15) is 9.18 Å². The standard InChI is InChI=1S/C23H23FN2O/c1-5-6-22(27)17(4)26-23(16(3)18-9-7-15(2)8-10-18)19-11-12-20(14-25)21(24)13-19/h7-13H,5-6H2,1-4H3/b23-16+,26-17?. The Kier molecular flexibility index (Phi) is 6.79. The summed E-state index contributed by atoms with van der Waals surface area (Å²) in [6, 6.07) is 14.2. The van der Waals surface area contributed by atoms with Crippen molar-refractivity contribution in [1.82, 2.24) is 0 Å². The quantitative estimate of drug-likeness (QED) is 0.487. The molecule has 0 fully saturated rings. The van der Waals surface area contributed by atoms with Gasteiger partial charge in [-0.25, -0.2) is 9.38 Å². The van der Waals surface area contributed by atoms with Crippen molar-refractivity contribution in [3.8, 4) is 6.07 Å². The zero-order valence-electron chi connectivity index (χ0n) is 16.1. The second kappa shape index (κ2) is 9.05. The monoisotopic (exact) mass is 362 g/mol. The third-order valence-corrected chi connectivity index (χ3v) is 4.36. The maximum absolute atomic E-state index is 14.2. The second-order valence-corrected chi connectivity index (χ2v) is 6.52. The van der Waals surface area contributed by atoms with Crippen LogP contribution in [-0.2, 0) is 4.79 Å². The molecule has 3 nitrogen and oxygen atoms in total. The van der Waals surface area contributed by atoms with E-state index in [1.54, 1.807) is 13.0 Å². The van der Waals surface area contributed by atoms with Gasteiger partial charge in [0.25, 0.3) is 0 Å². The van der Waals surface area contributed by atoms with Crippen LogP contribution >= 0.6 is 0 Å². The minimum absolute atomic E-state index is 0.0196. The van der Waals surface area contributed by atoms with Crippen molar-refractivity contribution in [2.24, 2.45) is 4.99 Å². The van der Waals surface area contributed by atoms with Crippen LogP contribution in [0.4, 0.5) is 4.39 Å². The van der Waals surface area contributed by atoms with Crippen molar-refractivity contribution in [2.75, 3.05) is 0 Å². The number of nitrogens with zero attached hydrogens (tertiary/aromatic N) is 2. The van der Waals surface area contributed by atoms with Gasteiger partial charge < -0.3 is 0 Å². The fourth-order valence-corrected chi connectivity index (χ4v) is 2.70. The number of allylic oxidation sites excluding steroid dienone is 1. The first-order chi connectivity index (χ1) is 12.9. The molecule has 0 aromatic heterocycles. The van der Waals surface area contributed by atoms with Gasteiger partial charge in [-0.15, -0.1) is 0 Å². The van der Waals surface area contributed by atoms with E-state index in [2.05, 4.69) is 4.99 Å². The Bertz CT molecular complexity index is 947. The van der Waals surface area contributed by atoms with Gasteiger partial charge in [-0.2, -0.15) is 5.26 Å². The van der Waals surface area contributed by atoms with E-state index >= 15 is 0 Å². The molecule has 0 amide bonds. The smallest absolute Gasteiger partial charge is 0.176 e. The number of nitriles is 1. The van der Waals surface area contributed by atoms with E-state index < -0.39 is 5.82 Å². The van der Waals surface area contributed by atoms with Gasteiger partial charge in [0.1, 0.15) is 11.9 Å². The van der Waals surface area contributed by atoms with Crippen LogP contribution in [0.1, 0.15) is 55.9 Å². The second-order valence-electron chi connectivity index (χ2n) is 6.52. The molecule has 0 bridgehead atoms. The van der Waals surface area contributed by atoms with Crippen LogP contribution in [0.2, 0.25) is 0 Å². The van der Waals surface area contributed by atoms with E-state index in [1.165, 1.54) is 12.1 Å². The lowest BCUT2D eigenvalue weighted by atomic mass is 9.99. The summed E-state index contributed by atoms with van der Waals surface area (Å²) in [5, 5.41) is 8.96. The zero-order chi connectivity index (χ0) is 20.0. The lowest BCUT2D eigenvalue weighted by Crippen LogP contribution is -2.09. The number of hydrogen-bond donors (Lipinski definition) is 0. The minimum Gasteiger partial charge on any atom is -0.293 e. The number of rotatable bonds is 6. The molecule has 0 N–H and O–H groups in total. The molecule has 0 aliphatic carbocycles. The van der Waals surface area contributed by atoms with Gasteiger partial charge in [0.05, 0.1) is 17.0 Å². The van der Waals surface area contributed by atoms with Crippen LogP contribution in [-0.4, -0.2) is 11.5 Å². The predicted molar refractivity (Wildman–Crippen MR) is 108 cm³/mol. The topological polar surface area (TPSA) is 53.2 Å². The molecular weight excluding hydrogens is 339 g/mol. The van der Waals surface area contributed by atoms with E-state index in [-0.39, 0.29) is 11.3 Å². The molecule has 0 radical (unpaired) electrons. The minimum atomic E-state index is -0.600. The van der Waals surface area contributed by atoms with Crippen molar-refractivity contribution in [3.05, 3.63) is 70.5 Å². The average Bonchev–Trinajstić information content (AvgIpc) is 2.66. The van der Waals surface area contributed by atoms with Gasteiger partial charge >= 0.3 is 0 Å². The van der Waals surface area contributed by atoms with E-state index in [0.717, 1.165) is 23.1 Å². The molecule has 0 unspecified atom stereocenters. The van der Waals surface area contributed by atoms with Gasteiger partial charge in [-0.05, 0) is 50.5 Å². The summed E-state index contributed by atoms with van der Waals surface area (Å²) in [5.41, 5.74) is 4.35. The molecular formula is C23H23FN2O. The summed E-state index contributed by atoms with van der Waals surface area (Å²) in [7, 11) is 0. The summed E-state index contributed by atoms with van der Waals surface area (Å²) in [6.07, 6.45) is 1.17. The molecule has 0 aliphatic heterocycles. The first-order valence-corrected chi connectivity index (χ1v) is 8.93. The Morgan fingerprint density at radius 1 is 1.11 bits per heavy atom. The number of halogens is 1. The van der Waals surface area contributed by atoms with Crippen LogP contribution in [0.25, 0.3) is 11.3 Å². The van der Waals surface area contributed by atoms with Crippen LogP contribution in [0.5, 0.6) is 0 Å². The molecule has 27 heavy (non-hydrogen) atoms. The Hall–Kier alpha value is -3.06. The number of carbonyl (C=O) groups is 1. The number of hydrogen-bond acceptors (Lipinski definition) is 3. The molecule has 0 saturated carbocycles. The SMILES string of the molecule is CCCC(=O)C(C)=N/C(=C(\C)c1ccc(C)cc1)c1ccc(C#N)c(F)c1. The van der Waals surface area contributed by atoms with Crippen LogP contribution in [0, 0.1) is 24.1 Å². The molecule has 4 heteroatoms. The summed E-state index contributed by atoms with van der Waals surface area (Å²) in [6.45, 7) is 7.53. The number of aliphatic imine (C=N–C) groups is 1. The van der Waals surface area contributed by atoms with Gasteiger partial charge in [-0.3, -0.25) is 4.79 Å². The molecule has 0 heterocycles. The lowest BCUT2D eigenvalue weighted by Gasteiger charge is -2.11. The highest BCUT2D eigenvalue weighted by molar-refractivity contribution is 6.39. The first-order valence-electron chi connectivity index (χ1n) is 8.93. The first kappa shape index (κ1) is 20.3. The summed E-state index contributed by atoms with van der Waals surface area (Å²) < 4.78 is 14.2. The molecule has 138 valence electrons. The molecule has 2 aromatic carbocycles. The normalized spacial score (nSPS) is 12.4. The maximum atomic E-state index is 14.2. The van der Waals surface area contributed by atoms with Crippen molar-refractivity contribution in [2.45, 2.75) is 40.5 Å². The Morgan fingerprint density at radius 3 is 2.30 bits per heavy atom. The molecule has 2 aromatic rings. The lowest BCUT2D eigenvalue weighted by molar-refractivity contribution is -0.113. The third kappa shape index (κ3) is 4.98. The van der Waals surface area contributed by atoms with Crippen molar-refractivity contribution >= 4 is 22.8 Å². The molecule has 0 spiro atoms. The van der Waals surface area contributed by atoms with Crippen LogP contribution < -0.4 is 0 Å². The number of ketones is 1. The molecule has 0 atom stereocenters. The van der Waals surface area contributed by atoms with Gasteiger partial charge in [0.2, 0.25) is 0 Å². The Morgan fingerprint density at radius 2 is 1.74 bits per heavy atom. The highest BCUT2D eigenvalue weighted by atomic mass is 19.1. The Labute approximate surface area is 159 Å². The van der Waals surface area contributed by atoms with E-state index in [4.69, 9.17) is 5.26 Å². The predicted octanol–water partition coefficient (Wildman–Crippen LogP) is 5.72. The molecule has 0 aliphatic rings.